The van der Waals surface area contributed by atoms with E-state index in [9.17, 15) is 58.6 Å². The van der Waals surface area contributed by atoms with Gasteiger partial charge in [0.1, 0.15) is 74.6 Å². The molecule has 108 heavy (non-hydrogen) atoms. The van der Waals surface area contributed by atoms with Crippen molar-refractivity contribution in [3.8, 4) is 11.1 Å². The summed E-state index contributed by atoms with van der Waals surface area (Å²) in [5.74, 6) is -8.66. The van der Waals surface area contributed by atoms with Gasteiger partial charge in [0, 0.05) is 38.5 Å². The first-order valence-corrected chi connectivity index (χ1v) is 34.8. The van der Waals surface area contributed by atoms with E-state index in [1.807, 2.05) is 48.5 Å². The maximum Gasteiger partial charge on any atom is 0.407 e. The van der Waals surface area contributed by atoms with Crippen LogP contribution in [-0.4, -0.2) is 212 Å². The van der Waals surface area contributed by atoms with Crippen LogP contribution in [0.3, 0.4) is 0 Å². The summed E-state index contributed by atoms with van der Waals surface area (Å²) >= 11 is 18.1. The Balaban J connectivity index is 1.14. The van der Waals surface area contributed by atoms with Crippen LogP contribution in [0.1, 0.15) is 104 Å². The van der Waals surface area contributed by atoms with Crippen LogP contribution in [0.25, 0.3) is 21.6 Å². The highest BCUT2D eigenvalue weighted by Gasteiger charge is 2.58. The Labute approximate surface area is 633 Å². The number of alkyl halides is 3. The first-order valence-electron chi connectivity index (χ1n) is 33.7. The molecule has 3 fully saturated rings. The van der Waals surface area contributed by atoms with Crippen LogP contribution in [0.2, 0.25) is 0 Å². The van der Waals surface area contributed by atoms with Crippen molar-refractivity contribution in [2.24, 2.45) is 5.11 Å². The van der Waals surface area contributed by atoms with Crippen LogP contribution >= 0.6 is 34.8 Å². The fourth-order valence-electron chi connectivity index (χ4n) is 12.2. The lowest BCUT2D eigenvalue weighted by molar-refractivity contribution is -0.351. The van der Waals surface area contributed by atoms with Crippen LogP contribution in [0.4, 0.5) is 9.59 Å². The Bertz CT molecular complexity index is 4010. The van der Waals surface area contributed by atoms with Gasteiger partial charge in [-0.25, -0.2) is 28.8 Å². The highest BCUT2D eigenvalue weighted by molar-refractivity contribution is 6.67. The number of benzene rings is 5. The molecule has 0 spiro atoms. The molecule has 0 aromatic heterocycles. The second kappa shape index (κ2) is 37.4. The van der Waals surface area contributed by atoms with Crippen LogP contribution in [-0.2, 0) is 99.8 Å². The Morgan fingerprint density at radius 2 is 1.01 bits per heavy atom. The van der Waals surface area contributed by atoms with Crippen molar-refractivity contribution in [3.05, 3.63) is 178 Å². The van der Waals surface area contributed by atoms with Gasteiger partial charge in [0.05, 0.1) is 29.4 Å². The Hall–Kier alpha value is -9.70. The monoisotopic (exact) mass is 1560 g/mol. The van der Waals surface area contributed by atoms with E-state index in [1.54, 1.807) is 51.1 Å². The van der Waals surface area contributed by atoms with Gasteiger partial charge in [-0.1, -0.05) is 143 Å². The summed E-state index contributed by atoms with van der Waals surface area (Å²) in [6.45, 7) is 5.99. The largest absolute Gasteiger partial charge is 0.463 e. The summed E-state index contributed by atoms with van der Waals surface area (Å²) in [6.07, 6.45) is -30.0. The van der Waals surface area contributed by atoms with Gasteiger partial charge in [-0.2, -0.15) is 0 Å². The predicted molar refractivity (Wildman–Crippen MR) is 374 cm³/mol. The van der Waals surface area contributed by atoms with E-state index in [1.165, 1.54) is 67.6 Å². The number of aliphatic hydroxyl groups excluding tert-OH is 1. The van der Waals surface area contributed by atoms with Crippen LogP contribution in [0, 0.1) is 0 Å². The second-order valence-corrected chi connectivity index (χ2v) is 28.4. The van der Waals surface area contributed by atoms with E-state index in [-0.39, 0.29) is 23.3 Å². The number of fused-ring (bicyclic) bond motifs is 3. The first kappa shape index (κ1) is 82.4. The number of hydrogen-bond donors (Lipinski definition) is 3. The lowest BCUT2D eigenvalue weighted by atomic mass is 9.94. The van der Waals surface area contributed by atoms with Crippen LogP contribution < -0.4 is 10.6 Å². The molecule has 0 bridgehead atoms. The Morgan fingerprint density at radius 1 is 0.528 bits per heavy atom. The number of halogens is 3. The minimum Gasteiger partial charge on any atom is -0.463 e. The summed E-state index contributed by atoms with van der Waals surface area (Å²) in [5, 5.41) is 21.9. The van der Waals surface area contributed by atoms with Gasteiger partial charge >= 0.3 is 59.9 Å². The molecule has 0 saturated carbocycles. The fourth-order valence-corrected chi connectivity index (χ4v) is 12.4. The molecule has 1 aliphatic carbocycles. The maximum atomic E-state index is 14.6. The van der Waals surface area contributed by atoms with E-state index >= 15 is 0 Å². The maximum absolute atomic E-state index is 14.6. The fraction of sp³-hybridized carbons (Fsp3) is 0.452. The molecule has 17 atom stereocenters. The Morgan fingerprint density at radius 3 is 1.54 bits per heavy atom. The molecule has 32 nitrogen and oxygen atoms in total. The van der Waals surface area contributed by atoms with Gasteiger partial charge in [0.15, 0.2) is 55.4 Å². The number of aliphatic hydroxyl groups is 1. The number of hydrogen-bond acceptors (Lipinski definition) is 28. The molecular weight excluding hydrogens is 1490 g/mol. The molecule has 3 aliphatic heterocycles. The number of nitrogens with one attached hydrogen (secondary N) is 2. The van der Waals surface area contributed by atoms with Gasteiger partial charge in [-0.15, -0.1) is 0 Å². The summed E-state index contributed by atoms with van der Waals surface area (Å²) < 4.78 is 94.1. The van der Waals surface area contributed by atoms with Crippen molar-refractivity contribution in [1.82, 2.24) is 10.6 Å². The highest BCUT2D eigenvalue weighted by Crippen LogP contribution is 2.45. The van der Waals surface area contributed by atoms with E-state index in [2.05, 4.69) is 20.7 Å². The molecule has 0 radical (unpaired) electrons. The van der Waals surface area contributed by atoms with Gasteiger partial charge < -0.3 is 91.5 Å². The molecule has 5 aromatic rings. The Kier molecular flexibility index (Phi) is 28.5. The van der Waals surface area contributed by atoms with E-state index in [4.69, 9.17) is 111 Å². The first-order chi connectivity index (χ1) is 51.4. The van der Waals surface area contributed by atoms with Crippen molar-refractivity contribution in [2.45, 2.75) is 175 Å². The summed E-state index contributed by atoms with van der Waals surface area (Å²) in [5.41, 5.74) is 12.7. The summed E-state index contributed by atoms with van der Waals surface area (Å²) in [6, 6.07) is 31.6. The molecule has 2 amide bonds. The summed E-state index contributed by atoms with van der Waals surface area (Å²) in [4.78, 5) is 140. The average molecular weight is 1560 g/mol. The molecule has 3 heterocycles. The zero-order valence-electron chi connectivity index (χ0n) is 59.2. The van der Waals surface area contributed by atoms with Gasteiger partial charge in [-0.3, -0.25) is 19.2 Å². The third-order valence-corrected chi connectivity index (χ3v) is 17.1. The zero-order chi connectivity index (χ0) is 78.1. The van der Waals surface area contributed by atoms with Crippen molar-refractivity contribution >= 4 is 94.7 Å². The standard InChI is InChI=1S/C73H78Cl3N5O27/c1-37(53(66(90)108-72(6,7)8)78-70(91)96-32-49-47-30-20-18-28-45(47)46-29-19-21-31-48(46)49)98-68-55(80-81-77)59(107-69-62(101-41(5)85)61(100-40(4)84)58(99-39(3)83)51(104-69)34-93-38(2)82)56(86)50(102-68)33-95-67-54(79-71(92)97-36-73(74,75)76)60(106-65(89)44-26-16-11-17-27-44)57(105-64(88)43-24-14-10-15-25-43)52(103-67)35-94-63(87)42-22-12-9-13-23-42/h9-31,37,49-62,67-69,86H,32-36H2,1-8H3,(H,78,91)(H,79,92)/t37-,50-,51-,52-,53+,54-,55-,56+,57-,58+,59-,60-,61+,62-,67-,68+,69+/m1/s1. The molecule has 4 aliphatic rings. The predicted octanol–water partition coefficient (Wildman–Crippen LogP) is 8.39. The lowest BCUT2D eigenvalue weighted by Gasteiger charge is -2.49. The van der Waals surface area contributed by atoms with Crippen molar-refractivity contribution in [1.29, 1.82) is 0 Å². The smallest absolute Gasteiger partial charge is 0.407 e. The number of carbonyl (C=O) groups excluding carboxylic acids is 10. The molecular formula is C73H78Cl3N5O27. The molecule has 3 saturated heterocycles. The lowest BCUT2D eigenvalue weighted by Crippen LogP contribution is -2.68. The molecule has 3 N–H and O–H groups in total. The van der Waals surface area contributed by atoms with E-state index in [0.717, 1.165) is 49.9 Å². The highest BCUT2D eigenvalue weighted by atomic mass is 35.6. The zero-order valence-corrected chi connectivity index (χ0v) is 61.5. The number of esters is 8. The van der Waals surface area contributed by atoms with Gasteiger partial charge in [0.25, 0.3) is 0 Å². The number of rotatable bonds is 27. The average Bonchev–Trinajstić information content (AvgIpc) is 1.17. The van der Waals surface area contributed by atoms with Crippen LogP contribution in [0.5, 0.6) is 0 Å². The molecule has 0 unspecified atom stereocenters. The van der Waals surface area contributed by atoms with E-state index < -0.39 is 206 Å². The quantitative estimate of drug-likeness (QED) is 0.0111. The van der Waals surface area contributed by atoms with Crippen LogP contribution in [0.15, 0.2) is 145 Å². The summed E-state index contributed by atoms with van der Waals surface area (Å²) in [7, 11) is 0. The van der Waals surface area contributed by atoms with Crippen molar-refractivity contribution in [3.63, 3.8) is 0 Å². The molecule has 35 heteroatoms. The SMILES string of the molecule is CC(=O)OC[C@H]1O[C@@H](O[C@H]2[C@@H](O)[C@@H](CO[C@@H]3O[C@H](COC(=O)c4ccccc4)[C@@H](OC(=O)c4ccccc4)[C@H](OC(=O)c4ccccc4)[C@H]3NC(=O)OCC(Cl)(Cl)Cl)O[C@H](O[C@H](C)[C@H](NC(=O)OCC3c4ccccc4-c4ccccc43)C(=O)OC(C)(C)C)[C@@H]2N=[N+]=[N-])[C@H](OC(C)=O)[C@@H](OC(C)=O)[C@H]1OC(C)=O. The number of nitrogens with zero attached hydrogens (tertiary/aromatic N) is 3. The number of carbonyl (C=O) groups is 10. The number of alkyl carbamates (subject to hydrolysis) is 2. The van der Waals surface area contributed by atoms with Crippen molar-refractivity contribution < 1.29 is 129 Å². The third kappa shape index (κ3) is 22.2. The van der Waals surface area contributed by atoms with Gasteiger partial charge in [0.2, 0.25) is 3.79 Å². The second-order valence-electron chi connectivity index (χ2n) is 25.9. The topological polar surface area (TPSA) is 411 Å². The third-order valence-electron chi connectivity index (χ3n) is 16.8. The minimum absolute atomic E-state index is 0.0434. The van der Waals surface area contributed by atoms with Crippen molar-refractivity contribution in [2.75, 3.05) is 33.0 Å². The molecule has 578 valence electrons. The molecule has 9 rings (SSSR count). The minimum atomic E-state index is -2.28. The van der Waals surface area contributed by atoms with E-state index in [0.29, 0.717) is 0 Å². The number of azide groups is 1. The molecule has 5 aromatic carbocycles. The van der Waals surface area contributed by atoms with Gasteiger partial charge in [-0.05, 0) is 91.9 Å². The number of amides is 2. The number of ether oxygens (including phenoxy) is 16. The normalized spacial score (nSPS) is 25.0.